The number of hydrogen-bond donors (Lipinski definition) is 1. The van der Waals surface area contributed by atoms with Crippen molar-refractivity contribution >= 4 is 52.3 Å². The van der Waals surface area contributed by atoms with Gasteiger partial charge in [0.15, 0.2) is 0 Å². The van der Waals surface area contributed by atoms with E-state index in [-0.39, 0.29) is 5.91 Å². The lowest BCUT2D eigenvalue weighted by atomic mass is 10.2. The van der Waals surface area contributed by atoms with Crippen molar-refractivity contribution in [1.29, 1.82) is 0 Å². The molecule has 0 atom stereocenters. The number of benzene rings is 2. The van der Waals surface area contributed by atoms with Gasteiger partial charge in [0.2, 0.25) is 5.91 Å². The molecule has 2 aromatic heterocycles. The number of aryl methyl sites for hydroxylation is 1. The normalized spacial score (nSPS) is 11.1. The van der Waals surface area contributed by atoms with Crippen LogP contribution in [0.3, 0.4) is 0 Å². The number of amides is 1. The number of aromatic nitrogens is 3. The summed E-state index contributed by atoms with van der Waals surface area (Å²) >= 11 is 13.8. The number of hydrogen-bond acceptors (Lipinski definition) is 5. The molecule has 0 radical (unpaired) electrons. The predicted molar refractivity (Wildman–Crippen MR) is 133 cm³/mol. The Morgan fingerprint density at radius 2 is 2.09 bits per heavy atom. The quantitative estimate of drug-likeness (QED) is 0.292. The number of rotatable bonds is 8. The molecular formula is C24H20Cl2N4O2S. The topological polar surface area (TPSA) is 69.0 Å². The maximum Gasteiger partial charge on any atom is 0.249 e. The van der Waals surface area contributed by atoms with Gasteiger partial charge >= 0.3 is 0 Å². The van der Waals surface area contributed by atoms with Gasteiger partial charge in [0.25, 0.3) is 0 Å². The van der Waals surface area contributed by atoms with Crippen LogP contribution in [-0.2, 0) is 17.9 Å². The fourth-order valence-corrected chi connectivity index (χ4v) is 4.12. The highest BCUT2D eigenvalue weighted by atomic mass is 35.5. The highest BCUT2D eigenvalue weighted by Crippen LogP contribution is 2.23. The molecule has 1 amide bonds. The second-order valence-corrected chi connectivity index (χ2v) is 9.06. The minimum atomic E-state index is -0.275. The standard InChI is InChI=1S/C24H20Cl2N4O2S/c1-16-28-20(15-33-16)14-32-21-4-2-3-17(11-21)5-8-24(31)29-23-9-10-27-30(23)13-18-6-7-19(25)12-22(18)26/h2-12,15H,13-14H2,1H3,(H,29,31)/b8-5+. The van der Waals surface area contributed by atoms with Gasteiger partial charge in [-0.2, -0.15) is 5.10 Å². The van der Waals surface area contributed by atoms with Gasteiger partial charge in [-0.1, -0.05) is 41.4 Å². The van der Waals surface area contributed by atoms with Crippen LogP contribution >= 0.6 is 34.5 Å². The van der Waals surface area contributed by atoms with Crippen molar-refractivity contribution in [3.05, 3.63) is 98.1 Å². The molecule has 4 aromatic rings. The van der Waals surface area contributed by atoms with E-state index in [0.29, 0.717) is 34.8 Å². The first-order valence-electron chi connectivity index (χ1n) is 10.0. The summed E-state index contributed by atoms with van der Waals surface area (Å²) in [6.07, 6.45) is 4.81. The number of halogens is 2. The number of carbonyl (C=O) groups excluding carboxylic acids is 1. The van der Waals surface area contributed by atoms with E-state index in [4.69, 9.17) is 27.9 Å². The lowest BCUT2D eigenvalue weighted by Gasteiger charge is -2.09. The third kappa shape index (κ3) is 6.44. The van der Waals surface area contributed by atoms with Crippen molar-refractivity contribution in [2.75, 3.05) is 5.32 Å². The number of carbonyl (C=O) groups is 1. The molecule has 0 saturated heterocycles. The van der Waals surface area contributed by atoms with Crippen LogP contribution in [-0.4, -0.2) is 20.7 Å². The Hall–Kier alpha value is -3.13. The lowest BCUT2D eigenvalue weighted by molar-refractivity contribution is -0.111. The molecular weight excluding hydrogens is 479 g/mol. The fraction of sp³-hybridized carbons (Fsp3) is 0.125. The first-order valence-corrected chi connectivity index (χ1v) is 11.7. The van der Waals surface area contributed by atoms with Gasteiger partial charge < -0.3 is 10.1 Å². The average molecular weight is 499 g/mol. The van der Waals surface area contributed by atoms with Crippen LogP contribution in [0.15, 0.2) is 66.2 Å². The van der Waals surface area contributed by atoms with Crippen molar-refractivity contribution in [3.8, 4) is 5.75 Å². The summed E-state index contributed by atoms with van der Waals surface area (Å²) in [7, 11) is 0. The molecule has 9 heteroatoms. The average Bonchev–Trinajstić information content (AvgIpc) is 3.41. The number of ether oxygens (including phenoxy) is 1. The zero-order valence-electron chi connectivity index (χ0n) is 17.7. The van der Waals surface area contributed by atoms with Crippen LogP contribution in [0.2, 0.25) is 10.0 Å². The molecule has 168 valence electrons. The summed E-state index contributed by atoms with van der Waals surface area (Å²) in [5.41, 5.74) is 2.59. The van der Waals surface area contributed by atoms with Gasteiger partial charge in [-0.15, -0.1) is 11.3 Å². The van der Waals surface area contributed by atoms with Crippen LogP contribution in [0, 0.1) is 6.92 Å². The van der Waals surface area contributed by atoms with E-state index in [0.717, 1.165) is 21.8 Å². The van der Waals surface area contributed by atoms with E-state index in [2.05, 4.69) is 15.4 Å². The Balaban J connectivity index is 1.36. The monoisotopic (exact) mass is 498 g/mol. The second kappa shape index (κ2) is 10.7. The first-order chi connectivity index (χ1) is 16.0. The van der Waals surface area contributed by atoms with Gasteiger partial charge in [-0.3, -0.25) is 4.79 Å². The Morgan fingerprint density at radius 1 is 1.21 bits per heavy atom. The molecule has 0 saturated carbocycles. The lowest BCUT2D eigenvalue weighted by Crippen LogP contribution is -2.14. The summed E-state index contributed by atoms with van der Waals surface area (Å²) < 4.78 is 7.47. The molecule has 0 fully saturated rings. The van der Waals surface area contributed by atoms with Gasteiger partial charge in [0, 0.05) is 27.6 Å². The predicted octanol–water partition coefficient (Wildman–Crippen LogP) is 6.23. The van der Waals surface area contributed by atoms with E-state index in [1.807, 2.05) is 42.6 Å². The van der Waals surface area contributed by atoms with Crippen LogP contribution in [0.25, 0.3) is 6.08 Å². The highest BCUT2D eigenvalue weighted by Gasteiger charge is 2.09. The molecule has 0 unspecified atom stereocenters. The fourth-order valence-electron chi connectivity index (χ4n) is 3.06. The third-order valence-corrected chi connectivity index (χ3v) is 6.05. The minimum absolute atomic E-state index is 0.275. The van der Waals surface area contributed by atoms with Crippen LogP contribution in [0.5, 0.6) is 5.75 Å². The molecule has 33 heavy (non-hydrogen) atoms. The van der Waals surface area contributed by atoms with E-state index < -0.39 is 0 Å². The first kappa shape index (κ1) is 23.0. The van der Waals surface area contributed by atoms with Gasteiger partial charge in [0.1, 0.15) is 18.2 Å². The largest absolute Gasteiger partial charge is 0.487 e. The number of thiazole rings is 1. The molecule has 0 aliphatic rings. The van der Waals surface area contributed by atoms with Crippen LogP contribution < -0.4 is 10.1 Å². The summed E-state index contributed by atoms with van der Waals surface area (Å²) in [5.74, 6) is 0.996. The van der Waals surface area contributed by atoms with Crippen molar-refractivity contribution in [2.45, 2.75) is 20.1 Å². The minimum Gasteiger partial charge on any atom is -0.487 e. The second-order valence-electron chi connectivity index (χ2n) is 7.15. The highest BCUT2D eigenvalue weighted by molar-refractivity contribution is 7.09. The van der Waals surface area contributed by atoms with Crippen molar-refractivity contribution in [1.82, 2.24) is 14.8 Å². The van der Waals surface area contributed by atoms with E-state index >= 15 is 0 Å². The summed E-state index contributed by atoms with van der Waals surface area (Å²) in [6, 6.07) is 14.5. The Labute approximate surface area is 205 Å². The molecule has 2 heterocycles. The zero-order chi connectivity index (χ0) is 23.2. The van der Waals surface area contributed by atoms with Gasteiger partial charge in [-0.05, 0) is 48.4 Å². The zero-order valence-corrected chi connectivity index (χ0v) is 20.0. The third-order valence-electron chi connectivity index (χ3n) is 4.64. The van der Waals surface area contributed by atoms with E-state index in [9.17, 15) is 4.79 Å². The van der Waals surface area contributed by atoms with Gasteiger partial charge in [-0.25, -0.2) is 9.67 Å². The smallest absolute Gasteiger partial charge is 0.249 e. The van der Waals surface area contributed by atoms with Crippen molar-refractivity contribution in [2.24, 2.45) is 0 Å². The molecule has 0 bridgehead atoms. The van der Waals surface area contributed by atoms with Gasteiger partial charge in [0.05, 0.1) is 23.4 Å². The molecule has 0 aliphatic heterocycles. The number of anilines is 1. The Bertz CT molecular complexity index is 1300. The molecule has 6 nitrogen and oxygen atoms in total. The summed E-state index contributed by atoms with van der Waals surface area (Å²) in [5, 5.41) is 11.2. The molecule has 4 rings (SSSR count). The van der Waals surface area contributed by atoms with Crippen molar-refractivity contribution < 1.29 is 9.53 Å². The number of nitrogens with one attached hydrogen (secondary N) is 1. The molecule has 2 aromatic carbocycles. The maximum atomic E-state index is 12.5. The van der Waals surface area contributed by atoms with E-state index in [1.165, 1.54) is 6.08 Å². The summed E-state index contributed by atoms with van der Waals surface area (Å²) in [6.45, 7) is 2.77. The molecule has 0 aliphatic carbocycles. The SMILES string of the molecule is Cc1nc(COc2cccc(/C=C/C(=O)Nc3ccnn3Cc3ccc(Cl)cc3Cl)c2)cs1. The number of nitrogens with zero attached hydrogens (tertiary/aromatic N) is 3. The molecule has 0 spiro atoms. The summed E-state index contributed by atoms with van der Waals surface area (Å²) in [4.78, 5) is 16.9. The van der Waals surface area contributed by atoms with Crippen LogP contribution in [0.1, 0.15) is 21.8 Å². The molecule has 1 N–H and O–H groups in total. The van der Waals surface area contributed by atoms with Crippen molar-refractivity contribution in [3.63, 3.8) is 0 Å². The Morgan fingerprint density at radius 3 is 2.88 bits per heavy atom. The maximum absolute atomic E-state index is 12.5. The van der Waals surface area contributed by atoms with Crippen LogP contribution in [0.4, 0.5) is 5.82 Å². The Kier molecular flexibility index (Phi) is 7.44. The van der Waals surface area contributed by atoms with E-state index in [1.54, 1.807) is 46.5 Å².